The van der Waals surface area contributed by atoms with Crippen molar-refractivity contribution in [1.82, 2.24) is 10.6 Å². The standard InChI is InChI=1S/C19H29BrN2O2/c1-12-7-15(8-13(2)17(12)20)24-11-16(23)21-14-9-18(3,4)22-19(5,6)10-14/h7-8,14,22H,9-11H2,1-6H3,(H,21,23). The highest BCUT2D eigenvalue weighted by molar-refractivity contribution is 9.10. The Morgan fingerprint density at radius 2 is 1.71 bits per heavy atom. The Morgan fingerprint density at radius 1 is 1.21 bits per heavy atom. The van der Waals surface area contributed by atoms with Crippen LogP contribution in [0.5, 0.6) is 5.75 Å². The van der Waals surface area contributed by atoms with E-state index in [0.717, 1.165) is 34.2 Å². The quantitative estimate of drug-likeness (QED) is 0.811. The molecule has 24 heavy (non-hydrogen) atoms. The first kappa shape index (κ1) is 19.3. The van der Waals surface area contributed by atoms with Crippen LogP contribution in [0.25, 0.3) is 0 Å². The van der Waals surface area contributed by atoms with Gasteiger partial charge in [-0.1, -0.05) is 15.9 Å². The van der Waals surface area contributed by atoms with Crippen LogP contribution in [-0.2, 0) is 4.79 Å². The van der Waals surface area contributed by atoms with E-state index in [9.17, 15) is 4.79 Å². The van der Waals surface area contributed by atoms with E-state index in [1.54, 1.807) is 0 Å². The number of hydrogen-bond donors (Lipinski definition) is 2. The zero-order valence-electron chi connectivity index (χ0n) is 15.5. The summed E-state index contributed by atoms with van der Waals surface area (Å²) in [6.07, 6.45) is 1.83. The number of nitrogens with one attached hydrogen (secondary N) is 2. The molecule has 1 heterocycles. The highest BCUT2D eigenvalue weighted by Crippen LogP contribution is 2.29. The number of hydrogen-bond acceptors (Lipinski definition) is 3. The summed E-state index contributed by atoms with van der Waals surface area (Å²) in [5.41, 5.74) is 2.24. The Labute approximate surface area is 153 Å². The van der Waals surface area contributed by atoms with Gasteiger partial charge in [0.15, 0.2) is 6.61 Å². The van der Waals surface area contributed by atoms with Crippen molar-refractivity contribution >= 4 is 21.8 Å². The van der Waals surface area contributed by atoms with Crippen molar-refractivity contribution in [2.75, 3.05) is 6.61 Å². The lowest BCUT2D eigenvalue weighted by Crippen LogP contribution is -2.62. The summed E-state index contributed by atoms with van der Waals surface area (Å²) in [6.45, 7) is 12.8. The van der Waals surface area contributed by atoms with Gasteiger partial charge in [-0.05, 0) is 77.6 Å². The van der Waals surface area contributed by atoms with E-state index < -0.39 is 0 Å². The second kappa shape index (κ2) is 7.04. The highest BCUT2D eigenvalue weighted by Gasteiger charge is 2.38. The smallest absolute Gasteiger partial charge is 0.258 e. The fourth-order valence-corrected chi connectivity index (χ4v) is 4.06. The Kier molecular flexibility index (Phi) is 5.65. The molecular formula is C19H29BrN2O2. The molecule has 0 spiro atoms. The first-order valence-corrected chi connectivity index (χ1v) is 9.25. The summed E-state index contributed by atoms with van der Waals surface area (Å²) in [4.78, 5) is 12.3. The molecule has 2 rings (SSSR count). The van der Waals surface area contributed by atoms with Crippen molar-refractivity contribution in [3.8, 4) is 5.75 Å². The predicted octanol–water partition coefficient (Wildman–Crippen LogP) is 3.87. The first-order valence-electron chi connectivity index (χ1n) is 8.46. The van der Waals surface area contributed by atoms with Gasteiger partial charge >= 0.3 is 0 Å². The van der Waals surface area contributed by atoms with Gasteiger partial charge in [-0.25, -0.2) is 0 Å². The Bertz CT molecular complexity index is 587. The van der Waals surface area contributed by atoms with E-state index in [0.29, 0.717) is 0 Å². The van der Waals surface area contributed by atoms with Crippen molar-refractivity contribution in [2.24, 2.45) is 0 Å². The third-order valence-corrected chi connectivity index (χ3v) is 5.59. The zero-order chi connectivity index (χ0) is 18.1. The van der Waals surface area contributed by atoms with Crippen LogP contribution in [0.4, 0.5) is 0 Å². The van der Waals surface area contributed by atoms with Gasteiger partial charge in [0.1, 0.15) is 5.75 Å². The van der Waals surface area contributed by atoms with Crippen molar-refractivity contribution in [3.05, 3.63) is 27.7 Å². The van der Waals surface area contributed by atoms with Crippen LogP contribution in [-0.4, -0.2) is 29.6 Å². The Hall–Kier alpha value is -1.07. The average Bonchev–Trinajstić information content (AvgIpc) is 2.38. The monoisotopic (exact) mass is 396 g/mol. The lowest BCUT2D eigenvalue weighted by atomic mass is 9.79. The van der Waals surface area contributed by atoms with Gasteiger partial charge in [0.05, 0.1) is 0 Å². The maximum absolute atomic E-state index is 12.3. The van der Waals surface area contributed by atoms with Gasteiger partial charge < -0.3 is 15.4 Å². The minimum atomic E-state index is -0.0632. The Morgan fingerprint density at radius 3 is 2.21 bits per heavy atom. The number of aryl methyl sites for hydroxylation is 2. The van der Waals surface area contributed by atoms with Crippen LogP contribution in [0.2, 0.25) is 0 Å². The van der Waals surface area contributed by atoms with Gasteiger partial charge in [0.25, 0.3) is 5.91 Å². The van der Waals surface area contributed by atoms with E-state index in [1.165, 1.54) is 0 Å². The number of ether oxygens (including phenoxy) is 1. The van der Waals surface area contributed by atoms with Crippen molar-refractivity contribution in [1.29, 1.82) is 0 Å². The molecule has 0 saturated carbocycles. The van der Waals surface area contributed by atoms with E-state index in [4.69, 9.17) is 4.74 Å². The minimum absolute atomic E-state index is 0.0144. The SMILES string of the molecule is Cc1cc(OCC(=O)NC2CC(C)(C)NC(C)(C)C2)cc(C)c1Br. The number of benzene rings is 1. The summed E-state index contributed by atoms with van der Waals surface area (Å²) in [7, 11) is 0. The third kappa shape index (κ3) is 5.21. The second-order valence-corrected chi connectivity index (χ2v) is 9.02. The summed E-state index contributed by atoms with van der Waals surface area (Å²) in [6, 6.07) is 4.06. The molecule has 0 radical (unpaired) electrons. The second-order valence-electron chi connectivity index (χ2n) is 8.23. The fraction of sp³-hybridized carbons (Fsp3) is 0.632. The predicted molar refractivity (Wildman–Crippen MR) is 102 cm³/mol. The summed E-state index contributed by atoms with van der Waals surface area (Å²) in [5.74, 6) is 0.668. The summed E-state index contributed by atoms with van der Waals surface area (Å²) in [5, 5.41) is 6.75. The van der Waals surface area contributed by atoms with Gasteiger partial charge in [-0.15, -0.1) is 0 Å². The molecule has 0 unspecified atom stereocenters. The molecule has 4 nitrogen and oxygen atoms in total. The van der Waals surface area contributed by atoms with E-state index in [-0.39, 0.29) is 29.6 Å². The molecule has 1 fully saturated rings. The molecule has 0 atom stereocenters. The van der Waals surface area contributed by atoms with Gasteiger partial charge in [-0.2, -0.15) is 0 Å². The van der Waals surface area contributed by atoms with Crippen LogP contribution in [0.15, 0.2) is 16.6 Å². The molecule has 1 aliphatic heterocycles. The molecule has 2 N–H and O–H groups in total. The molecule has 1 aromatic rings. The molecule has 134 valence electrons. The van der Waals surface area contributed by atoms with Crippen molar-refractivity contribution in [3.63, 3.8) is 0 Å². The number of carbonyl (C=O) groups excluding carboxylic acids is 1. The summed E-state index contributed by atoms with van der Waals surface area (Å²) < 4.78 is 6.76. The highest BCUT2D eigenvalue weighted by atomic mass is 79.9. The molecule has 0 aromatic heterocycles. The molecule has 1 aromatic carbocycles. The van der Waals surface area contributed by atoms with Crippen molar-refractivity contribution < 1.29 is 9.53 Å². The van der Waals surface area contributed by atoms with Crippen LogP contribution in [0.1, 0.15) is 51.7 Å². The third-order valence-electron chi connectivity index (χ3n) is 4.34. The van der Waals surface area contributed by atoms with Gasteiger partial charge in [0, 0.05) is 21.6 Å². The normalized spacial score (nSPS) is 19.8. The van der Waals surface area contributed by atoms with Crippen LogP contribution in [0, 0.1) is 13.8 Å². The van der Waals surface area contributed by atoms with Crippen molar-refractivity contribution in [2.45, 2.75) is 71.5 Å². The summed E-state index contributed by atoms with van der Waals surface area (Å²) >= 11 is 3.54. The number of halogens is 1. The first-order chi connectivity index (χ1) is 11.0. The molecule has 0 bridgehead atoms. The molecule has 0 aliphatic carbocycles. The van der Waals surface area contributed by atoms with Gasteiger partial charge in [0.2, 0.25) is 0 Å². The van der Waals surface area contributed by atoms with E-state index in [2.05, 4.69) is 54.3 Å². The lowest BCUT2D eigenvalue weighted by molar-refractivity contribution is -0.124. The van der Waals surface area contributed by atoms with E-state index >= 15 is 0 Å². The molecule has 1 aliphatic rings. The fourth-order valence-electron chi connectivity index (χ4n) is 3.83. The number of amides is 1. The topological polar surface area (TPSA) is 50.4 Å². The Balaban J connectivity index is 1.92. The molecule has 1 amide bonds. The molecule has 1 saturated heterocycles. The van der Waals surface area contributed by atoms with E-state index in [1.807, 2.05) is 26.0 Å². The van der Waals surface area contributed by atoms with Crippen LogP contribution < -0.4 is 15.4 Å². The van der Waals surface area contributed by atoms with Crippen LogP contribution in [0.3, 0.4) is 0 Å². The number of rotatable bonds is 4. The minimum Gasteiger partial charge on any atom is -0.484 e. The maximum atomic E-state index is 12.3. The maximum Gasteiger partial charge on any atom is 0.258 e. The lowest BCUT2D eigenvalue weighted by Gasteiger charge is -2.46. The zero-order valence-corrected chi connectivity index (χ0v) is 17.1. The van der Waals surface area contributed by atoms with Crippen LogP contribution >= 0.6 is 15.9 Å². The molecular weight excluding hydrogens is 368 g/mol. The average molecular weight is 397 g/mol. The van der Waals surface area contributed by atoms with Gasteiger partial charge in [-0.3, -0.25) is 4.79 Å². The number of piperidine rings is 1. The largest absolute Gasteiger partial charge is 0.484 e. The number of carbonyl (C=O) groups is 1. The molecule has 5 heteroatoms.